The molecule has 1 aliphatic heterocycles. The van der Waals surface area contributed by atoms with Crippen molar-refractivity contribution >= 4 is 15.7 Å². The van der Waals surface area contributed by atoms with E-state index in [1.165, 1.54) is 0 Å². The van der Waals surface area contributed by atoms with Crippen LogP contribution in [0.4, 0.5) is 0 Å². The van der Waals surface area contributed by atoms with Gasteiger partial charge in [0.15, 0.2) is 9.84 Å². The zero-order valence-electron chi connectivity index (χ0n) is 10.6. The van der Waals surface area contributed by atoms with Crippen molar-refractivity contribution in [1.29, 1.82) is 0 Å². The summed E-state index contributed by atoms with van der Waals surface area (Å²) in [5, 5.41) is 2.91. The van der Waals surface area contributed by atoms with Gasteiger partial charge in [-0.3, -0.25) is 4.79 Å². The lowest BCUT2D eigenvalue weighted by molar-refractivity contribution is -0.128. The van der Waals surface area contributed by atoms with E-state index in [9.17, 15) is 13.2 Å². The van der Waals surface area contributed by atoms with Crippen LogP contribution in [0.15, 0.2) is 0 Å². The molecule has 0 saturated carbocycles. The van der Waals surface area contributed by atoms with Gasteiger partial charge < -0.3 is 10.2 Å². The van der Waals surface area contributed by atoms with Crippen LogP contribution in [0.5, 0.6) is 0 Å². The number of hydrogen-bond acceptors (Lipinski definition) is 4. The molecule has 0 bridgehead atoms. The molecule has 5 nitrogen and oxygen atoms in total. The van der Waals surface area contributed by atoms with Crippen LogP contribution in [0.3, 0.4) is 0 Å². The number of amides is 1. The Bertz CT molecular complexity index is 352. The predicted molar refractivity (Wildman–Crippen MR) is 67.6 cm³/mol. The van der Waals surface area contributed by atoms with Crippen LogP contribution in [0.1, 0.15) is 25.7 Å². The molecule has 1 amide bonds. The highest BCUT2D eigenvalue weighted by molar-refractivity contribution is 7.92. The molecule has 1 aliphatic rings. The number of sulfone groups is 1. The number of carbonyl (C=O) groups excluding carboxylic acids is 1. The monoisotopic (exact) mass is 262 g/mol. The van der Waals surface area contributed by atoms with E-state index in [2.05, 4.69) is 5.32 Å². The zero-order chi connectivity index (χ0) is 12.9. The lowest BCUT2D eigenvalue weighted by Gasteiger charge is -2.12. The van der Waals surface area contributed by atoms with Crippen molar-refractivity contribution in [2.24, 2.45) is 0 Å². The summed E-state index contributed by atoms with van der Waals surface area (Å²) >= 11 is 0. The molecule has 1 heterocycles. The molecule has 1 fully saturated rings. The lowest BCUT2D eigenvalue weighted by Crippen LogP contribution is -2.31. The van der Waals surface area contributed by atoms with Crippen molar-refractivity contribution in [1.82, 2.24) is 10.2 Å². The van der Waals surface area contributed by atoms with Crippen molar-refractivity contribution < 1.29 is 13.2 Å². The molecular formula is C11H22N2O3S. The molecule has 6 heteroatoms. The number of nitrogens with zero attached hydrogens (tertiary/aromatic N) is 1. The second-order valence-corrected chi connectivity index (χ2v) is 7.13. The Morgan fingerprint density at radius 1 is 1.41 bits per heavy atom. The molecule has 0 spiro atoms. The van der Waals surface area contributed by atoms with E-state index in [4.69, 9.17) is 0 Å². The maximum Gasteiger partial charge on any atom is 0.222 e. The SMILES string of the molecule is CN(C)C(=O)CCCNCC1CCCS1(=O)=O. The quantitative estimate of drug-likeness (QED) is 0.685. The molecule has 17 heavy (non-hydrogen) atoms. The molecule has 1 rings (SSSR count). The highest BCUT2D eigenvalue weighted by Gasteiger charge is 2.30. The van der Waals surface area contributed by atoms with Gasteiger partial charge in [-0.05, 0) is 25.8 Å². The standard InChI is InChI=1S/C11H22N2O3S/c1-13(2)11(14)6-3-7-12-9-10-5-4-8-17(10,15)16/h10,12H,3-9H2,1-2H3. The summed E-state index contributed by atoms with van der Waals surface area (Å²) in [4.78, 5) is 12.8. The third kappa shape index (κ3) is 4.63. The lowest BCUT2D eigenvalue weighted by atomic mass is 10.2. The Kier molecular flexibility index (Phi) is 5.39. The summed E-state index contributed by atoms with van der Waals surface area (Å²) in [7, 11) is 0.632. The Morgan fingerprint density at radius 2 is 2.12 bits per heavy atom. The number of rotatable bonds is 6. The van der Waals surface area contributed by atoms with Gasteiger partial charge in [0.2, 0.25) is 5.91 Å². The third-order valence-electron chi connectivity index (χ3n) is 3.08. The molecule has 0 aliphatic carbocycles. The summed E-state index contributed by atoms with van der Waals surface area (Å²) in [6, 6.07) is 0. The normalized spacial score (nSPS) is 22.6. The van der Waals surface area contributed by atoms with E-state index in [1.54, 1.807) is 19.0 Å². The van der Waals surface area contributed by atoms with Crippen LogP contribution in [-0.4, -0.2) is 57.4 Å². The summed E-state index contributed by atoms with van der Waals surface area (Å²) in [6.07, 6.45) is 2.82. The van der Waals surface area contributed by atoms with E-state index < -0.39 is 9.84 Å². The summed E-state index contributed by atoms with van der Waals surface area (Å²) in [5.74, 6) is 0.443. The second kappa shape index (κ2) is 6.35. The Labute approximate surface area is 103 Å². The molecule has 0 radical (unpaired) electrons. The summed E-state index contributed by atoms with van der Waals surface area (Å²) < 4.78 is 23.0. The molecule has 0 aromatic carbocycles. The maximum absolute atomic E-state index is 11.5. The van der Waals surface area contributed by atoms with Crippen molar-refractivity contribution in [3.05, 3.63) is 0 Å². The van der Waals surface area contributed by atoms with Gasteiger partial charge >= 0.3 is 0 Å². The Hall–Kier alpha value is -0.620. The highest BCUT2D eigenvalue weighted by Crippen LogP contribution is 2.18. The minimum atomic E-state index is -2.84. The van der Waals surface area contributed by atoms with Crippen LogP contribution in [0.2, 0.25) is 0 Å². The molecular weight excluding hydrogens is 240 g/mol. The van der Waals surface area contributed by atoms with E-state index in [-0.39, 0.29) is 11.2 Å². The molecule has 1 unspecified atom stereocenters. The summed E-state index contributed by atoms with van der Waals surface area (Å²) in [5.41, 5.74) is 0. The fourth-order valence-electron chi connectivity index (χ4n) is 1.94. The maximum atomic E-state index is 11.5. The molecule has 0 aromatic heterocycles. The number of hydrogen-bond donors (Lipinski definition) is 1. The fourth-order valence-corrected chi connectivity index (χ4v) is 3.74. The van der Waals surface area contributed by atoms with Crippen LogP contribution in [-0.2, 0) is 14.6 Å². The average molecular weight is 262 g/mol. The largest absolute Gasteiger partial charge is 0.349 e. The van der Waals surface area contributed by atoms with Gasteiger partial charge in [-0.15, -0.1) is 0 Å². The molecule has 1 atom stereocenters. The van der Waals surface area contributed by atoms with Gasteiger partial charge in [-0.2, -0.15) is 0 Å². The fraction of sp³-hybridized carbons (Fsp3) is 0.909. The van der Waals surface area contributed by atoms with Crippen LogP contribution < -0.4 is 5.32 Å². The second-order valence-electron chi connectivity index (χ2n) is 4.73. The predicted octanol–water partition coefficient (Wildman–Crippen LogP) is 0.0216. The first kappa shape index (κ1) is 14.4. The molecule has 0 aromatic rings. The minimum absolute atomic E-state index is 0.111. The molecule has 1 saturated heterocycles. The third-order valence-corrected chi connectivity index (χ3v) is 5.35. The summed E-state index contributed by atoms with van der Waals surface area (Å²) in [6.45, 7) is 1.23. The van der Waals surface area contributed by atoms with Gasteiger partial charge in [0.05, 0.1) is 11.0 Å². The first-order valence-corrected chi connectivity index (χ1v) is 7.77. The van der Waals surface area contributed by atoms with Gasteiger partial charge in [-0.25, -0.2) is 8.42 Å². The van der Waals surface area contributed by atoms with Crippen molar-refractivity contribution in [2.45, 2.75) is 30.9 Å². The van der Waals surface area contributed by atoms with Gasteiger partial charge in [-0.1, -0.05) is 0 Å². The number of nitrogens with one attached hydrogen (secondary N) is 1. The van der Waals surface area contributed by atoms with Crippen molar-refractivity contribution in [3.8, 4) is 0 Å². The molecule has 1 N–H and O–H groups in total. The topological polar surface area (TPSA) is 66.5 Å². The zero-order valence-corrected chi connectivity index (χ0v) is 11.4. The van der Waals surface area contributed by atoms with E-state index in [1.807, 2.05) is 0 Å². The van der Waals surface area contributed by atoms with Gasteiger partial charge in [0.1, 0.15) is 0 Å². The first-order chi connectivity index (χ1) is 7.93. The van der Waals surface area contributed by atoms with E-state index >= 15 is 0 Å². The van der Waals surface area contributed by atoms with Crippen molar-refractivity contribution in [3.63, 3.8) is 0 Å². The van der Waals surface area contributed by atoms with Crippen molar-refractivity contribution in [2.75, 3.05) is 32.9 Å². The van der Waals surface area contributed by atoms with E-state index in [0.29, 0.717) is 25.3 Å². The van der Waals surface area contributed by atoms with Gasteiger partial charge in [0, 0.05) is 27.1 Å². The Morgan fingerprint density at radius 3 is 2.65 bits per heavy atom. The van der Waals surface area contributed by atoms with Crippen LogP contribution in [0.25, 0.3) is 0 Å². The first-order valence-electron chi connectivity index (χ1n) is 6.06. The molecule has 100 valence electrons. The Balaban J connectivity index is 2.11. The van der Waals surface area contributed by atoms with E-state index in [0.717, 1.165) is 19.3 Å². The number of carbonyl (C=O) groups is 1. The van der Waals surface area contributed by atoms with Crippen LogP contribution >= 0.6 is 0 Å². The average Bonchev–Trinajstić information content (AvgIpc) is 2.57. The smallest absolute Gasteiger partial charge is 0.222 e. The highest BCUT2D eigenvalue weighted by atomic mass is 32.2. The minimum Gasteiger partial charge on any atom is -0.349 e. The van der Waals surface area contributed by atoms with Gasteiger partial charge in [0.25, 0.3) is 0 Å². The van der Waals surface area contributed by atoms with Crippen LogP contribution in [0, 0.1) is 0 Å².